The number of hydrogen-bond acceptors (Lipinski definition) is 2. The molecule has 5 heteroatoms. The third-order valence-corrected chi connectivity index (χ3v) is 4.11. The highest BCUT2D eigenvalue weighted by molar-refractivity contribution is 7.80. The Hall–Kier alpha value is -2.66. The molecule has 1 aromatic heterocycles. The number of nitrogens with one attached hydrogen (secondary N) is 2. The maximum Gasteiger partial charge on any atom is 0.170 e. The molecule has 0 unspecified atom stereocenters. The van der Waals surface area contributed by atoms with Gasteiger partial charge in [0.05, 0.1) is 18.4 Å². The van der Waals surface area contributed by atoms with Crippen LogP contribution in [0.25, 0.3) is 0 Å². The average molecular weight is 350 g/mol. The minimum atomic E-state index is 0.617. The van der Waals surface area contributed by atoms with Gasteiger partial charge in [0.2, 0.25) is 0 Å². The second-order valence-electron chi connectivity index (χ2n) is 6.03. The molecule has 0 spiro atoms. The van der Waals surface area contributed by atoms with Gasteiger partial charge < -0.3 is 10.6 Å². The molecule has 0 saturated carbocycles. The first-order chi connectivity index (χ1) is 12.2. The lowest BCUT2D eigenvalue weighted by Gasteiger charge is -2.08. The van der Waals surface area contributed by atoms with Gasteiger partial charge in [-0.25, -0.2) is 0 Å². The summed E-state index contributed by atoms with van der Waals surface area (Å²) in [7, 11) is 0. The van der Waals surface area contributed by atoms with Gasteiger partial charge in [-0.15, -0.1) is 0 Å². The zero-order chi connectivity index (χ0) is 17.5. The zero-order valence-corrected chi connectivity index (χ0v) is 15.1. The van der Waals surface area contributed by atoms with Gasteiger partial charge in [-0.2, -0.15) is 5.10 Å². The van der Waals surface area contributed by atoms with Crippen LogP contribution in [-0.2, 0) is 13.0 Å². The normalized spacial score (nSPS) is 10.4. The van der Waals surface area contributed by atoms with Gasteiger partial charge in [-0.1, -0.05) is 60.2 Å². The molecule has 1 heterocycles. The molecule has 25 heavy (non-hydrogen) atoms. The molecule has 2 N–H and O–H groups in total. The van der Waals surface area contributed by atoms with E-state index in [2.05, 4.69) is 71.2 Å². The number of nitrogens with zero attached hydrogens (tertiary/aromatic N) is 2. The molecule has 2 aromatic carbocycles. The molecule has 4 nitrogen and oxygen atoms in total. The molecule has 0 aliphatic carbocycles. The summed E-state index contributed by atoms with van der Waals surface area (Å²) in [6.07, 6.45) is 4.70. The molecule has 0 aliphatic heterocycles. The van der Waals surface area contributed by atoms with Crippen molar-refractivity contribution in [2.75, 3.05) is 11.9 Å². The molecule has 3 aromatic rings. The number of thiocarbonyl (C=S) groups is 1. The third-order valence-electron chi connectivity index (χ3n) is 3.86. The van der Waals surface area contributed by atoms with Crippen LogP contribution in [0.5, 0.6) is 0 Å². The van der Waals surface area contributed by atoms with Crippen molar-refractivity contribution in [3.8, 4) is 0 Å². The average Bonchev–Trinajstić information content (AvgIpc) is 3.02. The van der Waals surface area contributed by atoms with Gasteiger partial charge in [0.25, 0.3) is 0 Å². The highest BCUT2D eigenvalue weighted by Crippen LogP contribution is 2.09. The summed E-state index contributed by atoms with van der Waals surface area (Å²) in [5.74, 6) is 0. The topological polar surface area (TPSA) is 41.9 Å². The maximum atomic E-state index is 5.35. The van der Waals surface area contributed by atoms with Crippen LogP contribution < -0.4 is 10.6 Å². The van der Waals surface area contributed by atoms with Crippen LogP contribution >= 0.6 is 12.2 Å². The first kappa shape index (κ1) is 17.2. The van der Waals surface area contributed by atoms with E-state index in [1.165, 1.54) is 16.7 Å². The van der Waals surface area contributed by atoms with E-state index >= 15 is 0 Å². The van der Waals surface area contributed by atoms with Gasteiger partial charge in [-0.3, -0.25) is 4.68 Å². The number of rotatable bonds is 6. The van der Waals surface area contributed by atoms with Crippen LogP contribution in [0.4, 0.5) is 5.69 Å². The summed E-state index contributed by atoms with van der Waals surface area (Å²) in [5.41, 5.74) is 4.68. The number of benzene rings is 2. The molecule has 0 aliphatic rings. The summed E-state index contributed by atoms with van der Waals surface area (Å²) in [6, 6.07) is 18.8. The quantitative estimate of drug-likeness (QED) is 0.664. The van der Waals surface area contributed by atoms with Crippen molar-refractivity contribution in [3.05, 3.63) is 83.7 Å². The van der Waals surface area contributed by atoms with Crippen LogP contribution in [0.2, 0.25) is 0 Å². The van der Waals surface area contributed by atoms with Gasteiger partial charge in [-0.05, 0) is 36.7 Å². The third kappa shape index (κ3) is 5.43. The molecule has 0 bridgehead atoms. The fourth-order valence-electron chi connectivity index (χ4n) is 2.65. The Kier molecular flexibility index (Phi) is 5.80. The second kappa shape index (κ2) is 8.44. The molecule has 3 rings (SSSR count). The molecule has 128 valence electrons. The van der Waals surface area contributed by atoms with Crippen LogP contribution in [0.3, 0.4) is 0 Å². The zero-order valence-electron chi connectivity index (χ0n) is 14.3. The van der Waals surface area contributed by atoms with E-state index in [0.29, 0.717) is 5.11 Å². The SMILES string of the molecule is Cc1cccc(Cn2cc(NC(=S)NCCc3ccccc3)cn2)c1. The van der Waals surface area contributed by atoms with E-state index < -0.39 is 0 Å². The largest absolute Gasteiger partial charge is 0.362 e. The molecular formula is C20H22N4S. The summed E-state index contributed by atoms with van der Waals surface area (Å²) in [6.45, 7) is 3.64. The van der Waals surface area contributed by atoms with Crippen LogP contribution in [0.15, 0.2) is 67.0 Å². The van der Waals surface area contributed by atoms with Crippen molar-refractivity contribution in [3.63, 3.8) is 0 Å². The number of aromatic nitrogens is 2. The molecule has 0 amide bonds. The first-order valence-corrected chi connectivity index (χ1v) is 8.77. The van der Waals surface area contributed by atoms with Gasteiger partial charge >= 0.3 is 0 Å². The summed E-state index contributed by atoms with van der Waals surface area (Å²) in [4.78, 5) is 0. The van der Waals surface area contributed by atoms with Gasteiger partial charge in [0, 0.05) is 12.7 Å². The Morgan fingerprint density at radius 2 is 1.88 bits per heavy atom. The molecule has 0 radical (unpaired) electrons. The van der Waals surface area contributed by atoms with E-state index in [1.54, 1.807) is 6.20 Å². The number of aryl methyl sites for hydroxylation is 1. The smallest absolute Gasteiger partial charge is 0.170 e. The predicted octanol–water partition coefficient (Wildman–Crippen LogP) is 3.77. The lowest BCUT2D eigenvalue weighted by atomic mass is 10.1. The Bertz CT molecular complexity index is 826. The van der Waals surface area contributed by atoms with Crippen LogP contribution in [-0.4, -0.2) is 21.4 Å². The summed E-state index contributed by atoms with van der Waals surface area (Å²) < 4.78 is 1.91. The monoisotopic (exact) mass is 350 g/mol. The number of hydrogen-bond donors (Lipinski definition) is 2. The molecular weight excluding hydrogens is 328 g/mol. The van der Waals surface area contributed by atoms with E-state index in [-0.39, 0.29) is 0 Å². The second-order valence-corrected chi connectivity index (χ2v) is 6.44. The lowest BCUT2D eigenvalue weighted by molar-refractivity contribution is 0.686. The summed E-state index contributed by atoms with van der Waals surface area (Å²) in [5, 5.41) is 11.4. The van der Waals surface area contributed by atoms with Crippen LogP contribution in [0.1, 0.15) is 16.7 Å². The van der Waals surface area contributed by atoms with Gasteiger partial charge in [0.15, 0.2) is 5.11 Å². The first-order valence-electron chi connectivity index (χ1n) is 8.36. The van der Waals surface area contributed by atoms with Crippen molar-refractivity contribution >= 4 is 23.0 Å². The van der Waals surface area contributed by atoms with Gasteiger partial charge in [0.1, 0.15) is 0 Å². The minimum Gasteiger partial charge on any atom is -0.362 e. The Morgan fingerprint density at radius 1 is 1.08 bits per heavy atom. The van der Waals surface area contributed by atoms with E-state index in [1.807, 2.05) is 16.9 Å². The minimum absolute atomic E-state index is 0.617. The molecule has 0 saturated heterocycles. The van der Waals surface area contributed by atoms with Crippen molar-refractivity contribution in [2.24, 2.45) is 0 Å². The van der Waals surface area contributed by atoms with Crippen LogP contribution in [0, 0.1) is 6.92 Å². The Balaban J connectivity index is 1.46. The Morgan fingerprint density at radius 3 is 2.68 bits per heavy atom. The molecule has 0 atom stereocenters. The highest BCUT2D eigenvalue weighted by Gasteiger charge is 2.02. The van der Waals surface area contributed by atoms with Crippen molar-refractivity contribution in [1.29, 1.82) is 0 Å². The van der Waals surface area contributed by atoms with E-state index in [0.717, 1.165) is 25.2 Å². The number of anilines is 1. The highest BCUT2D eigenvalue weighted by atomic mass is 32.1. The van der Waals surface area contributed by atoms with E-state index in [4.69, 9.17) is 12.2 Å². The summed E-state index contributed by atoms with van der Waals surface area (Å²) >= 11 is 5.35. The fourth-order valence-corrected chi connectivity index (χ4v) is 2.87. The molecule has 0 fully saturated rings. The lowest BCUT2D eigenvalue weighted by Crippen LogP contribution is -2.30. The van der Waals surface area contributed by atoms with Crippen molar-refractivity contribution in [1.82, 2.24) is 15.1 Å². The van der Waals surface area contributed by atoms with Crippen molar-refractivity contribution in [2.45, 2.75) is 19.9 Å². The maximum absolute atomic E-state index is 5.35. The Labute approximate surface area is 153 Å². The van der Waals surface area contributed by atoms with E-state index in [9.17, 15) is 0 Å². The predicted molar refractivity (Wildman–Crippen MR) is 107 cm³/mol. The standard InChI is InChI=1S/C20H22N4S/c1-16-6-5-9-18(12-16)14-24-15-19(13-22-24)23-20(25)21-11-10-17-7-3-2-4-8-17/h2-9,12-13,15H,10-11,14H2,1H3,(H2,21,23,25). The fraction of sp³-hybridized carbons (Fsp3) is 0.200. The van der Waals surface area contributed by atoms with Crippen molar-refractivity contribution < 1.29 is 0 Å².